The average Bonchev–Trinajstić information content (AvgIpc) is 2.73. The van der Waals surface area contributed by atoms with Crippen molar-refractivity contribution in [2.24, 2.45) is 0 Å². The number of anilines is 2. The molecule has 1 atom stereocenters. The minimum absolute atomic E-state index is 0.0246. The van der Waals surface area contributed by atoms with Crippen LogP contribution in [0.25, 0.3) is 0 Å². The lowest BCUT2D eigenvalue weighted by Crippen LogP contribution is -2.22. The van der Waals surface area contributed by atoms with Crippen molar-refractivity contribution in [2.75, 3.05) is 25.1 Å². The minimum atomic E-state index is -4.20. The summed E-state index contributed by atoms with van der Waals surface area (Å²) < 4.78 is 66.1. The number of ether oxygens (including phenoxy) is 2. The predicted molar refractivity (Wildman–Crippen MR) is 114 cm³/mol. The number of nitrogens with zero attached hydrogens (tertiary/aromatic N) is 1. The smallest absolute Gasteiger partial charge is 0.299 e. The van der Waals surface area contributed by atoms with Crippen LogP contribution in [0.5, 0.6) is 11.5 Å². The molecule has 0 aliphatic carbocycles. The highest BCUT2D eigenvalue weighted by atomic mass is 32.2. The summed E-state index contributed by atoms with van der Waals surface area (Å²) in [6.07, 6.45) is 3.44. The molecule has 0 fully saturated rings. The van der Waals surface area contributed by atoms with Crippen LogP contribution in [0.4, 0.5) is 11.4 Å². The van der Waals surface area contributed by atoms with Crippen molar-refractivity contribution < 1.29 is 30.8 Å². The topological polar surface area (TPSA) is 105 Å². The second-order valence-electron chi connectivity index (χ2n) is 6.38. The Labute approximate surface area is 180 Å². The van der Waals surface area contributed by atoms with E-state index >= 15 is 0 Å². The number of rotatable bonds is 12. The van der Waals surface area contributed by atoms with Crippen LogP contribution in [0.3, 0.4) is 0 Å². The molecule has 2 aromatic rings. The molecule has 0 radical (unpaired) electrons. The molecular weight excluding hydrogens is 430 g/mol. The van der Waals surface area contributed by atoms with Gasteiger partial charge in [-0.3, -0.25) is 12.7 Å². The fraction of sp³-hybridized carbons (Fsp3) is 0.400. The maximum Gasteiger partial charge on any atom is 0.299 e. The fourth-order valence-corrected chi connectivity index (χ4v) is 4.55. The van der Waals surface area contributed by atoms with Gasteiger partial charge in [0.05, 0.1) is 43.5 Å². The van der Waals surface area contributed by atoms with Crippen molar-refractivity contribution in [3.63, 3.8) is 0 Å². The Balaban J connectivity index is 2.46. The van der Waals surface area contributed by atoms with Crippen molar-refractivity contribution in [3.05, 3.63) is 42.5 Å². The molecule has 0 bridgehead atoms. The molecule has 10 heteroatoms. The van der Waals surface area contributed by atoms with E-state index in [1.165, 1.54) is 44.6 Å². The summed E-state index contributed by atoms with van der Waals surface area (Å²) in [5.41, 5.74) is 0.137. The van der Waals surface area contributed by atoms with E-state index in [2.05, 4.69) is 6.92 Å². The Bertz CT molecular complexity index is 946. The third-order valence-corrected chi connectivity index (χ3v) is 6.41. The van der Waals surface area contributed by atoms with Crippen LogP contribution in [-0.4, -0.2) is 38.0 Å². The lowest BCUT2D eigenvalue weighted by Gasteiger charge is -2.28. The zero-order valence-electron chi connectivity index (χ0n) is 17.2. The van der Waals surface area contributed by atoms with Crippen LogP contribution in [0.15, 0.2) is 47.4 Å². The van der Waals surface area contributed by atoms with Crippen LogP contribution >= 0.6 is 0 Å². The molecule has 2 rings (SSSR count). The van der Waals surface area contributed by atoms with E-state index in [1.54, 1.807) is 12.1 Å². The first kappa shape index (κ1) is 24.1. The first-order valence-electron chi connectivity index (χ1n) is 9.45. The van der Waals surface area contributed by atoms with Gasteiger partial charge in [-0.2, -0.15) is 8.42 Å². The molecule has 0 aliphatic rings. The predicted octanol–water partition coefficient (Wildman–Crippen LogP) is 3.92. The summed E-state index contributed by atoms with van der Waals surface area (Å²) in [7, 11) is -1.30. The largest absolute Gasteiger partial charge is 0.755 e. The molecule has 0 heterocycles. The normalized spacial score (nSPS) is 12.4. The quantitative estimate of drug-likeness (QED) is 0.271. The summed E-state index contributed by atoms with van der Waals surface area (Å²) in [5.74, 6) is 0.833. The second kappa shape index (κ2) is 11.3. The van der Waals surface area contributed by atoms with Gasteiger partial charge in [0.15, 0.2) is 0 Å². The molecule has 0 spiro atoms. The summed E-state index contributed by atoms with van der Waals surface area (Å²) >= 11 is -2.81. The Morgan fingerprint density at radius 3 is 2.17 bits per heavy atom. The number of hydrogen-bond donors (Lipinski definition) is 0. The van der Waals surface area contributed by atoms with E-state index in [1.807, 2.05) is 0 Å². The van der Waals surface area contributed by atoms with Gasteiger partial charge in [0.1, 0.15) is 16.4 Å². The molecule has 30 heavy (non-hydrogen) atoms. The summed E-state index contributed by atoms with van der Waals surface area (Å²) in [4.78, 5) is -0.265. The highest BCUT2D eigenvalue weighted by Crippen LogP contribution is 2.36. The summed E-state index contributed by atoms with van der Waals surface area (Å²) in [5, 5.41) is 0. The van der Waals surface area contributed by atoms with Gasteiger partial charge in [-0.15, -0.1) is 0 Å². The van der Waals surface area contributed by atoms with Gasteiger partial charge in [0, 0.05) is 6.07 Å². The fourth-order valence-electron chi connectivity index (χ4n) is 2.78. The summed E-state index contributed by atoms with van der Waals surface area (Å²) in [6.45, 7) is 2.08. The SMILES string of the molecule is CCCCCCOS(=O)(=O)c1ccc(OC)cc1N(c1ccc(OC)cc1)S(=O)[O-]. The Morgan fingerprint density at radius 1 is 0.967 bits per heavy atom. The molecule has 0 amide bonds. The van der Waals surface area contributed by atoms with Crippen molar-refractivity contribution >= 4 is 32.8 Å². The van der Waals surface area contributed by atoms with Crippen molar-refractivity contribution in [3.8, 4) is 11.5 Å². The van der Waals surface area contributed by atoms with Crippen molar-refractivity contribution in [1.29, 1.82) is 0 Å². The molecule has 0 N–H and O–H groups in total. The first-order valence-corrected chi connectivity index (χ1v) is 11.9. The van der Waals surface area contributed by atoms with Gasteiger partial charge in [-0.1, -0.05) is 26.2 Å². The monoisotopic (exact) mass is 456 g/mol. The van der Waals surface area contributed by atoms with Crippen LogP contribution in [0, 0.1) is 0 Å². The van der Waals surface area contributed by atoms with Crippen molar-refractivity contribution in [2.45, 2.75) is 37.5 Å². The minimum Gasteiger partial charge on any atom is -0.755 e. The number of unbranched alkanes of at least 4 members (excludes halogenated alkanes) is 3. The van der Waals surface area contributed by atoms with E-state index in [0.29, 0.717) is 17.9 Å². The van der Waals surface area contributed by atoms with E-state index in [-0.39, 0.29) is 22.9 Å². The maximum absolute atomic E-state index is 12.8. The molecular formula is C20H26NO7S2-. The third kappa shape index (κ3) is 6.18. The summed E-state index contributed by atoms with van der Waals surface area (Å²) in [6, 6.07) is 10.2. The number of hydrogen-bond acceptors (Lipinski definition) is 7. The van der Waals surface area contributed by atoms with Gasteiger partial charge in [0.2, 0.25) is 0 Å². The molecule has 0 aromatic heterocycles. The van der Waals surface area contributed by atoms with Gasteiger partial charge in [-0.05, 0) is 42.8 Å². The van der Waals surface area contributed by atoms with E-state index in [0.717, 1.165) is 23.6 Å². The molecule has 0 saturated heterocycles. The Morgan fingerprint density at radius 2 is 1.60 bits per heavy atom. The molecule has 0 aliphatic heterocycles. The lowest BCUT2D eigenvalue weighted by atomic mass is 10.2. The van der Waals surface area contributed by atoms with Gasteiger partial charge in [0.25, 0.3) is 10.1 Å². The maximum atomic E-state index is 12.8. The molecule has 8 nitrogen and oxygen atoms in total. The van der Waals surface area contributed by atoms with Gasteiger partial charge >= 0.3 is 0 Å². The molecule has 1 unspecified atom stereocenters. The van der Waals surface area contributed by atoms with Crippen LogP contribution in [0.2, 0.25) is 0 Å². The molecule has 2 aromatic carbocycles. The lowest BCUT2D eigenvalue weighted by molar-refractivity contribution is 0.307. The molecule has 166 valence electrons. The van der Waals surface area contributed by atoms with Crippen LogP contribution < -0.4 is 13.8 Å². The Hall–Kier alpha value is -2.14. The highest BCUT2D eigenvalue weighted by molar-refractivity contribution is 7.87. The van der Waals surface area contributed by atoms with Gasteiger partial charge in [-0.25, -0.2) is 0 Å². The van der Waals surface area contributed by atoms with Crippen molar-refractivity contribution in [1.82, 2.24) is 0 Å². The Kier molecular flexibility index (Phi) is 9.09. The van der Waals surface area contributed by atoms with E-state index in [4.69, 9.17) is 13.7 Å². The standard InChI is InChI=1S/C20H27NO7S2/c1-4-5-6-7-14-28-30(24,25)20-13-12-18(27-3)15-19(20)21(29(22)23)16-8-10-17(26-2)11-9-16/h8-13,15H,4-7,14H2,1-3H3,(H,22,23)/p-1. The van der Waals surface area contributed by atoms with Gasteiger partial charge < -0.3 is 14.0 Å². The zero-order chi connectivity index (χ0) is 22.1. The highest BCUT2D eigenvalue weighted by Gasteiger charge is 2.25. The van der Waals surface area contributed by atoms with E-state index < -0.39 is 21.4 Å². The molecule has 0 saturated carbocycles. The van der Waals surface area contributed by atoms with E-state index in [9.17, 15) is 17.2 Å². The van der Waals surface area contributed by atoms with Crippen LogP contribution in [-0.2, 0) is 25.6 Å². The third-order valence-electron chi connectivity index (χ3n) is 4.35. The number of methoxy groups -OCH3 is 2. The second-order valence-corrected chi connectivity index (χ2v) is 8.76. The average molecular weight is 457 g/mol. The first-order chi connectivity index (χ1) is 14.3. The zero-order valence-corrected chi connectivity index (χ0v) is 18.8. The number of benzene rings is 2. The van der Waals surface area contributed by atoms with Crippen LogP contribution in [0.1, 0.15) is 32.6 Å².